The smallest absolute Gasteiger partial charge is 0.162 e. The molecule has 1 N–H and O–H groups in total. The molecule has 0 aromatic heterocycles. The summed E-state index contributed by atoms with van der Waals surface area (Å²) in [7, 11) is 0. The number of hydrogen-bond acceptors (Lipinski definition) is 3. The Hall–Kier alpha value is -1.42. The summed E-state index contributed by atoms with van der Waals surface area (Å²) in [5.74, 6) is -0.526. The van der Waals surface area contributed by atoms with E-state index in [2.05, 4.69) is 30.4 Å². The van der Waals surface area contributed by atoms with Crippen molar-refractivity contribution in [3.8, 4) is 0 Å². The Morgan fingerprint density at radius 2 is 1.77 bits per heavy atom. The highest BCUT2D eigenvalue weighted by Gasteiger charge is 2.42. The van der Waals surface area contributed by atoms with Crippen molar-refractivity contribution in [1.29, 1.82) is 0 Å². The van der Waals surface area contributed by atoms with Gasteiger partial charge in [0.1, 0.15) is 0 Å². The van der Waals surface area contributed by atoms with Crippen LogP contribution in [0.25, 0.3) is 6.08 Å². The normalized spacial score (nSPS) is 27.0. The first-order chi connectivity index (χ1) is 10.5. The van der Waals surface area contributed by atoms with Gasteiger partial charge in [0.05, 0.1) is 19.3 Å². The Morgan fingerprint density at radius 1 is 1.09 bits per heavy atom. The number of hydrogen-bond donors (Lipinski definition) is 1. The highest BCUT2D eigenvalue weighted by Crippen LogP contribution is 2.40. The van der Waals surface area contributed by atoms with Crippen molar-refractivity contribution in [2.45, 2.75) is 38.6 Å². The van der Waals surface area contributed by atoms with Gasteiger partial charge in [-0.25, -0.2) is 0 Å². The van der Waals surface area contributed by atoms with Crippen LogP contribution in [0.1, 0.15) is 32.3 Å². The molecular weight excluding hydrogens is 276 g/mol. The fraction of sp³-hybridized carbons (Fsp3) is 0.474. The van der Waals surface area contributed by atoms with E-state index in [1.54, 1.807) is 0 Å². The van der Waals surface area contributed by atoms with Crippen molar-refractivity contribution in [2.24, 2.45) is 5.41 Å². The molecule has 1 saturated heterocycles. The Kier molecular flexibility index (Phi) is 4.22. The molecule has 1 atom stereocenters. The number of aliphatic hydroxyl groups is 1. The van der Waals surface area contributed by atoms with Gasteiger partial charge in [0, 0.05) is 5.41 Å². The predicted molar refractivity (Wildman–Crippen MR) is 87.2 cm³/mol. The van der Waals surface area contributed by atoms with E-state index in [1.165, 1.54) is 0 Å². The van der Waals surface area contributed by atoms with E-state index < -0.39 is 5.79 Å². The van der Waals surface area contributed by atoms with Gasteiger partial charge in [0.25, 0.3) is 0 Å². The third-order valence-corrected chi connectivity index (χ3v) is 4.31. The van der Waals surface area contributed by atoms with Crippen molar-refractivity contribution >= 4 is 6.08 Å². The lowest BCUT2D eigenvalue weighted by Crippen LogP contribution is -2.48. The van der Waals surface area contributed by atoms with Gasteiger partial charge in [-0.05, 0) is 37.8 Å². The zero-order chi connectivity index (χ0) is 15.6. The average molecular weight is 300 g/mol. The van der Waals surface area contributed by atoms with E-state index in [0.29, 0.717) is 26.1 Å². The highest BCUT2D eigenvalue weighted by atomic mass is 16.7. The number of rotatable bonds is 2. The number of aliphatic hydroxyl groups excluding tert-OH is 1. The maximum Gasteiger partial charge on any atom is 0.162 e. The van der Waals surface area contributed by atoms with E-state index in [0.717, 1.165) is 11.1 Å². The summed E-state index contributed by atoms with van der Waals surface area (Å²) in [5.41, 5.74) is 2.10. The van der Waals surface area contributed by atoms with Crippen LogP contribution in [-0.4, -0.2) is 30.2 Å². The van der Waals surface area contributed by atoms with Crippen LogP contribution in [0.15, 0.2) is 48.1 Å². The minimum absolute atomic E-state index is 0.205. The number of allylic oxidation sites excluding steroid dienone is 1. The van der Waals surface area contributed by atoms with E-state index in [1.807, 2.05) is 32.0 Å². The topological polar surface area (TPSA) is 38.7 Å². The summed E-state index contributed by atoms with van der Waals surface area (Å²) in [6, 6.07) is 10.2. The van der Waals surface area contributed by atoms with Crippen LogP contribution in [0.5, 0.6) is 0 Å². The van der Waals surface area contributed by atoms with Crippen molar-refractivity contribution in [1.82, 2.24) is 0 Å². The molecule has 1 aliphatic carbocycles. The molecule has 3 nitrogen and oxygen atoms in total. The fourth-order valence-corrected chi connectivity index (χ4v) is 3.13. The van der Waals surface area contributed by atoms with Gasteiger partial charge in [-0.1, -0.05) is 48.6 Å². The van der Waals surface area contributed by atoms with Gasteiger partial charge in [-0.15, -0.1) is 0 Å². The lowest BCUT2D eigenvalue weighted by atomic mass is 9.75. The summed E-state index contributed by atoms with van der Waals surface area (Å²) < 4.78 is 11.6. The Morgan fingerprint density at radius 3 is 2.45 bits per heavy atom. The van der Waals surface area contributed by atoms with E-state index in [9.17, 15) is 5.11 Å². The largest absolute Gasteiger partial charge is 0.393 e. The van der Waals surface area contributed by atoms with E-state index in [4.69, 9.17) is 9.47 Å². The first-order valence-corrected chi connectivity index (χ1v) is 7.87. The third kappa shape index (κ3) is 3.67. The molecule has 0 saturated carbocycles. The second kappa shape index (κ2) is 5.99. The number of benzene rings is 1. The number of ether oxygens (including phenoxy) is 2. The Labute approximate surface area is 132 Å². The summed E-state index contributed by atoms with van der Waals surface area (Å²) >= 11 is 0. The molecule has 1 fully saturated rings. The van der Waals surface area contributed by atoms with E-state index >= 15 is 0 Å². The molecule has 1 aliphatic heterocycles. The minimum atomic E-state index is -0.526. The van der Waals surface area contributed by atoms with Gasteiger partial charge in [-0.3, -0.25) is 0 Å². The molecule has 0 amide bonds. The Balaban J connectivity index is 1.78. The van der Waals surface area contributed by atoms with Gasteiger partial charge in [0.15, 0.2) is 5.79 Å². The maximum atomic E-state index is 10.2. The lowest BCUT2D eigenvalue weighted by molar-refractivity contribution is -0.280. The maximum absolute atomic E-state index is 10.2. The molecule has 1 aromatic carbocycles. The molecule has 0 bridgehead atoms. The molecule has 3 rings (SSSR count). The minimum Gasteiger partial charge on any atom is -0.393 e. The predicted octanol–water partition coefficient (Wildman–Crippen LogP) is 3.55. The van der Waals surface area contributed by atoms with Gasteiger partial charge < -0.3 is 14.6 Å². The average Bonchev–Trinajstić information content (AvgIpc) is 2.49. The second-order valence-electron chi connectivity index (χ2n) is 6.86. The lowest BCUT2D eigenvalue weighted by Gasteiger charge is -2.44. The van der Waals surface area contributed by atoms with Crippen LogP contribution < -0.4 is 0 Å². The van der Waals surface area contributed by atoms with Crippen LogP contribution in [0.2, 0.25) is 0 Å². The van der Waals surface area contributed by atoms with Crippen molar-refractivity contribution in [3.05, 3.63) is 53.6 Å². The molecule has 2 aliphatic rings. The summed E-state index contributed by atoms with van der Waals surface area (Å²) in [4.78, 5) is 0. The second-order valence-corrected chi connectivity index (χ2v) is 6.86. The summed E-state index contributed by atoms with van der Waals surface area (Å²) in [6.07, 6.45) is 7.47. The van der Waals surface area contributed by atoms with Gasteiger partial charge in [0.2, 0.25) is 0 Å². The van der Waals surface area contributed by atoms with Crippen LogP contribution in [0, 0.1) is 5.41 Å². The monoisotopic (exact) mass is 300 g/mol. The first kappa shape index (κ1) is 15.5. The molecule has 3 heteroatoms. The SMILES string of the molecule is CC1(C)OCC2(C=C(/C=C/c3ccccc3)CC(O)C2)CO1. The molecule has 118 valence electrons. The van der Waals surface area contributed by atoms with Gasteiger partial charge >= 0.3 is 0 Å². The van der Waals surface area contributed by atoms with Crippen molar-refractivity contribution in [3.63, 3.8) is 0 Å². The zero-order valence-electron chi connectivity index (χ0n) is 13.3. The van der Waals surface area contributed by atoms with Crippen LogP contribution in [-0.2, 0) is 9.47 Å². The molecule has 1 unspecified atom stereocenters. The third-order valence-electron chi connectivity index (χ3n) is 4.31. The first-order valence-electron chi connectivity index (χ1n) is 7.87. The summed E-state index contributed by atoms with van der Waals surface area (Å²) in [6.45, 7) is 5.05. The molecular formula is C19H24O3. The van der Waals surface area contributed by atoms with Crippen molar-refractivity contribution in [2.75, 3.05) is 13.2 Å². The standard InChI is InChI=1S/C19H24O3/c1-18(2)21-13-19(14-22-18)11-16(10-17(20)12-19)9-8-15-6-4-3-5-7-15/h3-9,11,17,20H,10,12-14H2,1-2H3/b9-8+. The quantitative estimate of drug-likeness (QED) is 0.908. The van der Waals surface area contributed by atoms with E-state index in [-0.39, 0.29) is 11.5 Å². The highest BCUT2D eigenvalue weighted by molar-refractivity contribution is 5.53. The molecule has 22 heavy (non-hydrogen) atoms. The van der Waals surface area contributed by atoms with Crippen LogP contribution in [0.3, 0.4) is 0 Å². The molecule has 1 aromatic rings. The zero-order valence-corrected chi connectivity index (χ0v) is 13.3. The van der Waals surface area contributed by atoms with Crippen molar-refractivity contribution < 1.29 is 14.6 Å². The molecule has 0 radical (unpaired) electrons. The summed E-state index contributed by atoms with van der Waals surface area (Å²) in [5, 5.41) is 10.2. The van der Waals surface area contributed by atoms with Crippen LogP contribution in [0.4, 0.5) is 0 Å². The van der Waals surface area contributed by atoms with Gasteiger partial charge in [-0.2, -0.15) is 0 Å². The Bertz CT molecular complexity index is 562. The molecule has 1 heterocycles. The van der Waals surface area contributed by atoms with Crippen LogP contribution >= 0.6 is 0 Å². The fourth-order valence-electron chi connectivity index (χ4n) is 3.13. The molecule has 1 spiro atoms.